The average Bonchev–Trinajstić information content (AvgIpc) is 3.22. The standard InChI is InChI=1S/C15H15N5O2S/c1-3-4-8-15(19-20-15)9-7-11(21)17-14-16-10-5-6-12(22-2)18-13(10)23-14/h1,5-6H,4,7-9H2,2H3,(H,16,17,21). The number of thiazole rings is 1. The van der Waals surface area contributed by atoms with Crippen LogP contribution in [0.1, 0.15) is 25.7 Å². The second kappa shape index (κ2) is 6.30. The smallest absolute Gasteiger partial charge is 0.226 e. The fourth-order valence-electron chi connectivity index (χ4n) is 2.13. The lowest BCUT2D eigenvalue weighted by atomic mass is 10.0. The van der Waals surface area contributed by atoms with Crippen molar-refractivity contribution in [3.8, 4) is 18.2 Å². The van der Waals surface area contributed by atoms with Gasteiger partial charge in [0, 0.05) is 31.7 Å². The number of ether oxygens (including phenoxy) is 1. The van der Waals surface area contributed by atoms with Crippen LogP contribution < -0.4 is 10.1 Å². The fourth-order valence-corrected chi connectivity index (χ4v) is 2.98. The Morgan fingerprint density at radius 2 is 2.22 bits per heavy atom. The lowest BCUT2D eigenvalue weighted by Gasteiger charge is -2.07. The van der Waals surface area contributed by atoms with E-state index in [4.69, 9.17) is 11.2 Å². The molecule has 0 saturated heterocycles. The maximum absolute atomic E-state index is 12.0. The number of amides is 1. The molecular formula is C15H15N5O2S. The van der Waals surface area contributed by atoms with Crippen LogP contribution >= 0.6 is 11.3 Å². The van der Waals surface area contributed by atoms with Gasteiger partial charge in [0.25, 0.3) is 0 Å². The molecule has 1 aliphatic heterocycles. The molecule has 1 amide bonds. The quantitative estimate of drug-likeness (QED) is 0.791. The molecule has 0 aliphatic carbocycles. The van der Waals surface area contributed by atoms with Gasteiger partial charge in [0.1, 0.15) is 10.3 Å². The summed E-state index contributed by atoms with van der Waals surface area (Å²) in [6.45, 7) is 0. The molecule has 2 aromatic rings. The van der Waals surface area contributed by atoms with Crippen molar-refractivity contribution < 1.29 is 9.53 Å². The number of aromatic nitrogens is 2. The summed E-state index contributed by atoms with van der Waals surface area (Å²) in [5.41, 5.74) is 0.287. The topological polar surface area (TPSA) is 88.8 Å². The van der Waals surface area contributed by atoms with Crippen molar-refractivity contribution in [3.05, 3.63) is 12.1 Å². The van der Waals surface area contributed by atoms with Crippen LogP contribution in [0.5, 0.6) is 5.88 Å². The van der Waals surface area contributed by atoms with E-state index in [2.05, 4.69) is 31.4 Å². The molecule has 0 fully saturated rings. The highest BCUT2D eigenvalue weighted by atomic mass is 32.1. The molecule has 0 atom stereocenters. The predicted molar refractivity (Wildman–Crippen MR) is 87.5 cm³/mol. The molecule has 0 spiro atoms. The minimum absolute atomic E-state index is 0.117. The molecule has 1 aliphatic rings. The van der Waals surface area contributed by atoms with Gasteiger partial charge >= 0.3 is 0 Å². The van der Waals surface area contributed by atoms with E-state index in [0.29, 0.717) is 36.7 Å². The molecule has 2 aromatic heterocycles. The van der Waals surface area contributed by atoms with E-state index < -0.39 is 5.66 Å². The molecule has 8 heteroatoms. The molecule has 0 aromatic carbocycles. The summed E-state index contributed by atoms with van der Waals surface area (Å²) < 4.78 is 5.07. The van der Waals surface area contributed by atoms with Crippen molar-refractivity contribution in [2.45, 2.75) is 31.3 Å². The number of anilines is 1. The predicted octanol–water partition coefficient (Wildman–Crippen LogP) is 2.99. The monoisotopic (exact) mass is 329 g/mol. The molecule has 3 heterocycles. The van der Waals surface area contributed by atoms with Gasteiger partial charge in [-0.15, -0.1) is 12.3 Å². The van der Waals surface area contributed by atoms with Crippen molar-refractivity contribution in [1.82, 2.24) is 9.97 Å². The number of methoxy groups -OCH3 is 1. The maximum Gasteiger partial charge on any atom is 0.226 e. The summed E-state index contributed by atoms with van der Waals surface area (Å²) in [4.78, 5) is 21.4. The van der Waals surface area contributed by atoms with E-state index in [9.17, 15) is 4.79 Å². The number of nitrogens with zero attached hydrogens (tertiary/aromatic N) is 4. The number of hydrogen-bond donors (Lipinski definition) is 1. The molecule has 0 radical (unpaired) electrons. The number of carbonyl (C=O) groups is 1. The summed E-state index contributed by atoms with van der Waals surface area (Å²) >= 11 is 1.31. The first-order valence-corrected chi connectivity index (χ1v) is 7.95. The summed E-state index contributed by atoms with van der Waals surface area (Å²) in [7, 11) is 1.56. The zero-order chi connectivity index (χ0) is 16.3. The van der Waals surface area contributed by atoms with Gasteiger partial charge in [-0.2, -0.15) is 10.2 Å². The molecule has 0 saturated carbocycles. The van der Waals surface area contributed by atoms with Crippen LogP contribution in [0, 0.1) is 12.3 Å². The van der Waals surface area contributed by atoms with Crippen molar-refractivity contribution in [2.75, 3.05) is 12.4 Å². The van der Waals surface area contributed by atoms with Crippen LogP contribution in [-0.4, -0.2) is 28.6 Å². The van der Waals surface area contributed by atoms with E-state index in [0.717, 1.165) is 10.3 Å². The van der Waals surface area contributed by atoms with E-state index in [-0.39, 0.29) is 5.91 Å². The molecule has 0 bridgehead atoms. The SMILES string of the molecule is C#CCCC1(CCC(=O)Nc2nc3ccc(OC)nc3s2)N=N1. The molecule has 3 rings (SSSR count). The normalized spacial score (nSPS) is 14.4. The third-order valence-electron chi connectivity index (χ3n) is 3.49. The van der Waals surface area contributed by atoms with Gasteiger partial charge in [-0.1, -0.05) is 11.3 Å². The first kappa shape index (κ1) is 15.4. The van der Waals surface area contributed by atoms with Crippen molar-refractivity contribution in [3.63, 3.8) is 0 Å². The largest absolute Gasteiger partial charge is 0.481 e. The molecule has 118 valence electrons. The number of pyridine rings is 1. The molecule has 0 unspecified atom stereocenters. The highest BCUT2D eigenvalue weighted by Crippen LogP contribution is 2.37. The number of nitrogens with one attached hydrogen (secondary N) is 1. The first-order chi connectivity index (χ1) is 11.1. The summed E-state index contributed by atoms with van der Waals surface area (Å²) in [5.74, 6) is 2.97. The van der Waals surface area contributed by atoms with Gasteiger partial charge in [-0.3, -0.25) is 4.79 Å². The Kier molecular flexibility index (Phi) is 4.21. The second-order valence-electron chi connectivity index (χ2n) is 5.13. The average molecular weight is 329 g/mol. The molecule has 7 nitrogen and oxygen atoms in total. The van der Waals surface area contributed by atoms with Crippen LogP contribution in [0.15, 0.2) is 22.4 Å². The molecule has 23 heavy (non-hydrogen) atoms. The van der Waals surface area contributed by atoms with E-state index in [1.54, 1.807) is 13.2 Å². The molecular weight excluding hydrogens is 314 g/mol. The Morgan fingerprint density at radius 1 is 1.39 bits per heavy atom. The van der Waals surface area contributed by atoms with Gasteiger partial charge in [0.2, 0.25) is 11.8 Å². The Balaban J connectivity index is 1.57. The van der Waals surface area contributed by atoms with Gasteiger partial charge in [-0.25, -0.2) is 9.97 Å². The Labute approximate surface area is 137 Å². The minimum atomic E-state index is -0.438. The zero-order valence-electron chi connectivity index (χ0n) is 12.6. The minimum Gasteiger partial charge on any atom is -0.481 e. The lowest BCUT2D eigenvalue weighted by molar-refractivity contribution is -0.116. The maximum atomic E-state index is 12.0. The van der Waals surface area contributed by atoms with Crippen LogP contribution in [0.4, 0.5) is 5.13 Å². The number of terminal acetylenes is 1. The lowest BCUT2D eigenvalue weighted by Crippen LogP contribution is -2.17. The highest BCUT2D eigenvalue weighted by molar-refractivity contribution is 7.21. The summed E-state index contributed by atoms with van der Waals surface area (Å²) in [6, 6.07) is 3.54. The number of fused-ring (bicyclic) bond motifs is 1. The van der Waals surface area contributed by atoms with Crippen molar-refractivity contribution in [2.24, 2.45) is 10.2 Å². The van der Waals surface area contributed by atoms with Crippen LogP contribution in [-0.2, 0) is 4.79 Å². The Bertz CT molecular complexity index is 802. The summed E-state index contributed by atoms with van der Waals surface area (Å²) in [5, 5.41) is 11.3. The first-order valence-electron chi connectivity index (χ1n) is 7.13. The number of carbonyl (C=O) groups excluding carboxylic acids is 1. The van der Waals surface area contributed by atoms with Gasteiger partial charge < -0.3 is 10.1 Å². The van der Waals surface area contributed by atoms with Gasteiger partial charge in [0.05, 0.1) is 7.11 Å². The van der Waals surface area contributed by atoms with E-state index in [1.807, 2.05) is 6.07 Å². The Hall–Kier alpha value is -2.53. The van der Waals surface area contributed by atoms with Crippen molar-refractivity contribution >= 4 is 32.7 Å². The van der Waals surface area contributed by atoms with Crippen LogP contribution in [0.3, 0.4) is 0 Å². The number of hydrogen-bond acceptors (Lipinski definition) is 7. The van der Waals surface area contributed by atoms with Crippen LogP contribution in [0.2, 0.25) is 0 Å². The van der Waals surface area contributed by atoms with E-state index in [1.165, 1.54) is 11.3 Å². The third-order valence-corrected chi connectivity index (χ3v) is 4.37. The Morgan fingerprint density at radius 3 is 2.91 bits per heavy atom. The van der Waals surface area contributed by atoms with Crippen LogP contribution in [0.25, 0.3) is 10.3 Å². The second-order valence-corrected chi connectivity index (χ2v) is 6.11. The highest BCUT2D eigenvalue weighted by Gasteiger charge is 2.39. The van der Waals surface area contributed by atoms with E-state index >= 15 is 0 Å². The van der Waals surface area contributed by atoms with Gasteiger partial charge in [0.15, 0.2) is 10.8 Å². The van der Waals surface area contributed by atoms with Gasteiger partial charge in [-0.05, 0) is 6.07 Å². The van der Waals surface area contributed by atoms with Crippen molar-refractivity contribution in [1.29, 1.82) is 0 Å². The fraction of sp³-hybridized carbons (Fsp3) is 0.400. The zero-order valence-corrected chi connectivity index (χ0v) is 13.4. The summed E-state index contributed by atoms with van der Waals surface area (Å²) in [6.07, 6.45) is 7.44. The third kappa shape index (κ3) is 3.63. The molecule has 1 N–H and O–H groups in total. The number of rotatable bonds is 7.